The van der Waals surface area contributed by atoms with Gasteiger partial charge in [0.25, 0.3) is 0 Å². The van der Waals surface area contributed by atoms with E-state index in [1.165, 1.54) is 19.1 Å². The molecule has 192 valence electrons. The molecule has 1 fully saturated rings. The maximum atomic E-state index is 14.4. The Morgan fingerprint density at radius 2 is 1.57 bits per heavy atom. The van der Waals surface area contributed by atoms with Crippen LogP contribution in [0.1, 0.15) is 22.6 Å². The summed E-state index contributed by atoms with van der Waals surface area (Å²) in [4.78, 5) is 29.4. The van der Waals surface area contributed by atoms with Crippen molar-refractivity contribution in [1.29, 1.82) is 0 Å². The van der Waals surface area contributed by atoms with Crippen molar-refractivity contribution < 1.29 is 33.6 Å². The lowest BCUT2D eigenvalue weighted by molar-refractivity contribution is -0.153. The van der Waals surface area contributed by atoms with Crippen molar-refractivity contribution >= 4 is 11.7 Å². The number of ether oxygens (including phenoxy) is 4. The van der Waals surface area contributed by atoms with Gasteiger partial charge in [-0.2, -0.15) is 0 Å². The Kier molecular flexibility index (Phi) is 5.87. The molecular formula is C29H29NO7. The van der Waals surface area contributed by atoms with Crippen LogP contribution in [0.4, 0.5) is 0 Å². The number of methoxy groups -OCH3 is 3. The van der Waals surface area contributed by atoms with Gasteiger partial charge in [0, 0.05) is 31.8 Å². The summed E-state index contributed by atoms with van der Waals surface area (Å²) in [5, 5.41) is 12.7. The van der Waals surface area contributed by atoms with Crippen LogP contribution in [0, 0.1) is 5.92 Å². The fourth-order valence-electron chi connectivity index (χ4n) is 5.83. The Hall–Kier alpha value is -4.04. The third-order valence-corrected chi connectivity index (χ3v) is 7.46. The number of hydrogen-bond acceptors (Lipinski definition) is 7. The molecule has 0 unspecified atom stereocenters. The summed E-state index contributed by atoms with van der Waals surface area (Å²) in [7, 11) is 7.70. The molecule has 0 saturated heterocycles. The molecule has 1 amide bonds. The third kappa shape index (κ3) is 3.25. The second kappa shape index (κ2) is 8.81. The van der Waals surface area contributed by atoms with Gasteiger partial charge in [-0.25, -0.2) is 0 Å². The minimum Gasteiger partial charge on any atom is -0.497 e. The van der Waals surface area contributed by atoms with E-state index in [-0.39, 0.29) is 17.1 Å². The number of nitrogens with zero attached hydrogens (tertiary/aromatic N) is 1. The minimum absolute atomic E-state index is 0.173. The van der Waals surface area contributed by atoms with Crippen LogP contribution >= 0.6 is 0 Å². The van der Waals surface area contributed by atoms with E-state index in [9.17, 15) is 14.7 Å². The average molecular weight is 504 g/mol. The summed E-state index contributed by atoms with van der Waals surface area (Å²) in [6, 6.07) is 19.4. The van der Waals surface area contributed by atoms with E-state index in [0.717, 1.165) is 0 Å². The van der Waals surface area contributed by atoms with Gasteiger partial charge in [0.1, 0.15) is 28.9 Å². The lowest BCUT2D eigenvalue weighted by Crippen LogP contribution is -2.50. The molecule has 0 spiro atoms. The topological polar surface area (TPSA) is 94.5 Å². The van der Waals surface area contributed by atoms with Crippen molar-refractivity contribution in [3.8, 4) is 23.0 Å². The predicted octanol–water partition coefficient (Wildman–Crippen LogP) is 3.26. The van der Waals surface area contributed by atoms with Gasteiger partial charge in [0.05, 0.1) is 32.8 Å². The molecule has 1 aliphatic heterocycles. The molecule has 0 aromatic heterocycles. The summed E-state index contributed by atoms with van der Waals surface area (Å²) in [6.45, 7) is 0. The van der Waals surface area contributed by atoms with Gasteiger partial charge in [-0.1, -0.05) is 42.5 Å². The summed E-state index contributed by atoms with van der Waals surface area (Å²) in [6.07, 6.45) is 0. The zero-order valence-corrected chi connectivity index (χ0v) is 21.3. The van der Waals surface area contributed by atoms with E-state index in [0.29, 0.717) is 22.6 Å². The van der Waals surface area contributed by atoms with Crippen LogP contribution in [0.15, 0.2) is 66.7 Å². The molecule has 8 nitrogen and oxygen atoms in total. The van der Waals surface area contributed by atoms with Gasteiger partial charge in [0.2, 0.25) is 11.5 Å². The average Bonchev–Trinajstić information content (AvgIpc) is 3.30. The fourth-order valence-corrected chi connectivity index (χ4v) is 5.83. The lowest BCUT2D eigenvalue weighted by atomic mass is 9.70. The van der Waals surface area contributed by atoms with Crippen molar-refractivity contribution in [3.05, 3.63) is 83.4 Å². The molecule has 8 heteroatoms. The van der Waals surface area contributed by atoms with Gasteiger partial charge >= 0.3 is 0 Å². The van der Waals surface area contributed by atoms with E-state index in [1.807, 2.05) is 30.3 Å². The minimum atomic E-state index is -2.24. The fraction of sp³-hybridized carbons (Fsp3) is 0.310. The Morgan fingerprint density at radius 3 is 2.14 bits per heavy atom. The largest absolute Gasteiger partial charge is 0.497 e. The van der Waals surface area contributed by atoms with Crippen LogP contribution < -0.4 is 18.9 Å². The molecule has 3 aromatic rings. The first-order valence-corrected chi connectivity index (χ1v) is 11.9. The summed E-state index contributed by atoms with van der Waals surface area (Å²) >= 11 is 0. The van der Waals surface area contributed by atoms with E-state index >= 15 is 0 Å². The molecule has 1 heterocycles. The number of hydrogen-bond donors (Lipinski definition) is 1. The highest BCUT2D eigenvalue weighted by molar-refractivity contribution is 6.11. The normalized spacial score (nSPS) is 25.6. The summed E-state index contributed by atoms with van der Waals surface area (Å²) in [5.74, 6) is -1.65. The van der Waals surface area contributed by atoms with Crippen molar-refractivity contribution in [2.45, 2.75) is 17.1 Å². The molecule has 37 heavy (non-hydrogen) atoms. The van der Waals surface area contributed by atoms with E-state index < -0.39 is 34.7 Å². The van der Waals surface area contributed by atoms with E-state index in [4.69, 9.17) is 18.9 Å². The van der Waals surface area contributed by atoms with Crippen LogP contribution in [0.25, 0.3) is 0 Å². The number of aliphatic hydroxyl groups is 1. The molecule has 1 N–H and O–H groups in total. The first kappa shape index (κ1) is 24.6. The highest BCUT2D eigenvalue weighted by Gasteiger charge is 2.78. The maximum Gasteiger partial charge on any atom is 0.233 e. The number of ketones is 1. The molecule has 1 aliphatic carbocycles. The van der Waals surface area contributed by atoms with Crippen LogP contribution in [0.3, 0.4) is 0 Å². The van der Waals surface area contributed by atoms with Gasteiger partial charge < -0.3 is 29.0 Å². The van der Waals surface area contributed by atoms with Crippen LogP contribution in [0.2, 0.25) is 0 Å². The number of amides is 1. The second-order valence-electron chi connectivity index (χ2n) is 9.44. The molecule has 5 rings (SSSR count). The Morgan fingerprint density at radius 1 is 0.919 bits per heavy atom. The number of fused-ring (bicyclic) bond motifs is 3. The lowest BCUT2D eigenvalue weighted by Gasteiger charge is -2.39. The zero-order valence-electron chi connectivity index (χ0n) is 21.3. The summed E-state index contributed by atoms with van der Waals surface area (Å²) < 4.78 is 23.1. The number of rotatable bonds is 6. The van der Waals surface area contributed by atoms with Crippen LogP contribution in [0.5, 0.6) is 23.0 Å². The second-order valence-corrected chi connectivity index (χ2v) is 9.44. The van der Waals surface area contributed by atoms with Crippen molar-refractivity contribution in [3.63, 3.8) is 0 Å². The van der Waals surface area contributed by atoms with Crippen LogP contribution in [-0.4, -0.2) is 57.1 Å². The summed E-state index contributed by atoms with van der Waals surface area (Å²) in [5.41, 5.74) is -2.56. The standard InChI is InChI=1S/C29H29NO7/c1-30(2)27(32)23-24(17-9-7-6-8-10-17)29(18-11-13-19(34-3)14-12-18)28(33,26(23)31)25-21(36-5)15-20(35-4)16-22(25)37-29/h6-16,23-24,33H,1-5H3/t23-,24-,28+,29+/m1/s1. The SMILES string of the molecule is COc1ccc([C@@]23Oc4cc(OC)cc(OC)c4[C@]2(O)C(=O)[C@H](C(=O)N(C)C)[C@H]3c2ccccc2)cc1. The number of Topliss-reactive ketones (excluding diaryl/α,β-unsaturated/α-hetero) is 1. The third-order valence-electron chi connectivity index (χ3n) is 7.46. The van der Waals surface area contributed by atoms with Gasteiger partial charge in [-0.3, -0.25) is 9.59 Å². The first-order valence-electron chi connectivity index (χ1n) is 11.9. The van der Waals surface area contributed by atoms with E-state index in [2.05, 4.69) is 0 Å². The Balaban J connectivity index is 1.89. The van der Waals surface area contributed by atoms with Crippen molar-refractivity contribution in [2.24, 2.45) is 5.92 Å². The molecule has 3 aromatic carbocycles. The first-order chi connectivity index (χ1) is 17.7. The van der Waals surface area contributed by atoms with Crippen LogP contribution in [-0.2, 0) is 20.8 Å². The van der Waals surface area contributed by atoms with Crippen molar-refractivity contribution in [1.82, 2.24) is 4.90 Å². The molecular weight excluding hydrogens is 474 g/mol. The molecule has 4 atom stereocenters. The highest BCUT2D eigenvalue weighted by atomic mass is 16.5. The van der Waals surface area contributed by atoms with Crippen molar-refractivity contribution in [2.75, 3.05) is 35.4 Å². The number of benzene rings is 3. The highest BCUT2D eigenvalue weighted by Crippen LogP contribution is 2.69. The van der Waals surface area contributed by atoms with Gasteiger partial charge in [-0.15, -0.1) is 0 Å². The number of carbonyl (C=O) groups excluding carboxylic acids is 2. The zero-order chi connectivity index (χ0) is 26.5. The molecule has 2 aliphatic rings. The molecule has 0 radical (unpaired) electrons. The quantitative estimate of drug-likeness (QED) is 0.516. The predicted molar refractivity (Wildman–Crippen MR) is 135 cm³/mol. The van der Waals surface area contributed by atoms with Gasteiger partial charge in [-0.05, 0) is 17.7 Å². The van der Waals surface area contributed by atoms with Gasteiger partial charge in [0.15, 0.2) is 11.4 Å². The Bertz CT molecular complexity index is 1350. The smallest absolute Gasteiger partial charge is 0.233 e. The maximum absolute atomic E-state index is 14.4. The monoisotopic (exact) mass is 503 g/mol. The number of carbonyl (C=O) groups is 2. The Labute approximate surface area is 215 Å². The molecule has 0 bridgehead atoms. The van der Waals surface area contributed by atoms with E-state index in [1.54, 1.807) is 57.6 Å². The molecule has 1 saturated carbocycles.